The summed E-state index contributed by atoms with van der Waals surface area (Å²) in [6, 6.07) is 6.84. The van der Waals surface area contributed by atoms with Crippen molar-refractivity contribution >= 4 is 10.1 Å². The second kappa shape index (κ2) is 8.33. The number of aryl methyl sites for hydroxylation is 1. The molecule has 1 radical (unpaired) electrons. The molecule has 0 aliphatic rings. The van der Waals surface area contributed by atoms with Crippen LogP contribution in [0.4, 0.5) is 0 Å². The minimum atomic E-state index is -3.66. The first-order chi connectivity index (χ1) is 9.10. The summed E-state index contributed by atoms with van der Waals surface area (Å²) in [5.41, 5.74) is 1.17. The molecule has 1 aromatic rings. The number of benzene rings is 1. The van der Waals surface area contributed by atoms with Crippen molar-refractivity contribution in [2.45, 2.75) is 56.8 Å². The Morgan fingerprint density at radius 3 is 2.16 bits per heavy atom. The Hall–Kier alpha value is -0.870. The maximum Gasteiger partial charge on any atom is 0.297 e. The van der Waals surface area contributed by atoms with Gasteiger partial charge in [-0.05, 0) is 30.5 Å². The summed E-state index contributed by atoms with van der Waals surface area (Å²) < 4.78 is 27.0. The van der Waals surface area contributed by atoms with Crippen LogP contribution in [0.2, 0.25) is 0 Å². The lowest BCUT2D eigenvalue weighted by Crippen LogP contribution is -2.01. The van der Waals surface area contributed by atoms with Crippen LogP contribution in [0.15, 0.2) is 29.2 Å². The van der Waals surface area contributed by atoms with Crippen LogP contribution in [-0.2, 0) is 20.7 Å². The zero-order valence-corrected chi connectivity index (χ0v) is 12.4. The summed E-state index contributed by atoms with van der Waals surface area (Å²) in [4.78, 5) is 0.161. The van der Waals surface area contributed by atoms with Crippen LogP contribution < -0.4 is 0 Å². The molecule has 0 heterocycles. The zero-order valence-electron chi connectivity index (χ0n) is 11.6. The normalized spacial score (nSPS) is 11.7. The highest BCUT2D eigenvalue weighted by molar-refractivity contribution is 7.86. The Morgan fingerprint density at radius 2 is 1.58 bits per heavy atom. The molecule has 0 spiro atoms. The summed E-state index contributed by atoms with van der Waals surface area (Å²) in [5, 5.41) is 0. The van der Waals surface area contributed by atoms with Crippen molar-refractivity contribution in [3.63, 3.8) is 0 Å². The Balaban J connectivity index is 2.37. The maximum absolute atomic E-state index is 11.4. The van der Waals surface area contributed by atoms with Gasteiger partial charge < -0.3 is 0 Å². The van der Waals surface area contributed by atoms with Gasteiger partial charge in [-0.15, -0.1) is 0 Å². The lowest BCUT2D eigenvalue weighted by Gasteiger charge is -2.04. The molecule has 4 heteroatoms. The number of hydrogen-bond donors (Lipinski definition) is 0. The largest absolute Gasteiger partial charge is 0.297 e. The highest BCUT2D eigenvalue weighted by atomic mass is 32.2. The van der Waals surface area contributed by atoms with E-state index in [2.05, 4.69) is 18.2 Å². The van der Waals surface area contributed by atoms with E-state index in [1.165, 1.54) is 37.7 Å². The van der Waals surface area contributed by atoms with Gasteiger partial charge in [0.25, 0.3) is 10.1 Å². The van der Waals surface area contributed by atoms with Gasteiger partial charge in [0.1, 0.15) is 0 Å². The SMILES string of the molecule is [CH2]OS(=O)(=O)c1ccc(CCCCCCCC)cc1. The lowest BCUT2D eigenvalue weighted by atomic mass is 10.1. The molecule has 0 aromatic heterocycles. The molecule has 0 saturated heterocycles. The third-order valence-electron chi connectivity index (χ3n) is 3.19. The van der Waals surface area contributed by atoms with Crippen molar-refractivity contribution in [3.8, 4) is 0 Å². The smallest absolute Gasteiger partial charge is 0.264 e. The molecule has 0 amide bonds. The van der Waals surface area contributed by atoms with Crippen LogP contribution in [-0.4, -0.2) is 8.42 Å². The van der Waals surface area contributed by atoms with Crippen LogP contribution in [0.5, 0.6) is 0 Å². The predicted octanol–water partition coefficient (Wildman–Crippen LogP) is 4.09. The first-order valence-electron chi connectivity index (χ1n) is 6.87. The average molecular weight is 283 g/mol. The highest BCUT2D eigenvalue weighted by Crippen LogP contribution is 2.15. The van der Waals surface area contributed by atoms with Crippen LogP contribution >= 0.6 is 0 Å². The van der Waals surface area contributed by atoms with E-state index >= 15 is 0 Å². The summed E-state index contributed by atoms with van der Waals surface area (Å²) in [7, 11) is -0.708. The number of rotatable bonds is 9. The van der Waals surface area contributed by atoms with E-state index < -0.39 is 10.1 Å². The van der Waals surface area contributed by atoms with E-state index in [-0.39, 0.29) is 4.90 Å². The van der Waals surface area contributed by atoms with E-state index in [0.29, 0.717) is 0 Å². The highest BCUT2D eigenvalue weighted by Gasteiger charge is 2.11. The molecule has 0 fully saturated rings. The fraction of sp³-hybridized carbons (Fsp3) is 0.533. The lowest BCUT2D eigenvalue weighted by molar-refractivity contribution is 0.438. The number of hydrogen-bond acceptors (Lipinski definition) is 3. The summed E-state index contributed by atoms with van der Waals surface area (Å²) in [6.45, 7) is 2.21. The van der Waals surface area contributed by atoms with E-state index in [4.69, 9.17) is 0 Å². The fourth-order valence-electron chi connectivity index (χ4n) is 2.00. The van der Waals surface area contributed by atoms with E-state index in [0.717, 1.165) is 12.8 Å². The molecular formula is C15H23O3S. The third-order valence-corrected chi connectivity index (χ3v) is 4.35. The molecule has 107 valence electrons. The minimum Gasteiger partial charge on any atom is -0.264 e. The zero-order chi connectivity index (χ0) is 14.1. The molecule has 0 saturated carbocycles. The van der Waals surface area contributed by atoms with Crippen LogP contribution in [0, 0.1) is 7.11 Å². The Morgan fingerprint density at radius 1 is 1.00 bits per heavy atom. The first-order valence-corrected chi connectivity index (χ1v) is 8.28. The molecule has 3 nitrogen and oxygen atoms in total. The van der Waals surface area contributed by atoms with Crippen molar-refractivity contribution in [2.24, 2.45) is 0 Å². The fourth-order valence-corrected chi connectivity index (χ4v) is 2.61. The molecule has 0 unspecified atom stereocenters. The van der Waals surface area contributed by atoms with Gasteiger partial charge in [0, 0.05) is 0 Å². The van der Waals surface area contributed by atoms with Gasteiger partial charge in [0.15, 0.2) is 0 Å². The molecular weight excluding hydrogens is 260 g/mol. The van der Waals surface area contributed by atoms with Crippen molar-refractivity contribution < 1.29 is 12.6 Å². The van der Waals surface area contributed by atoms with Crippen molar-refractivity contribution in [3.05, 3.63) is 36.9 Å². The van der Waals surface area contributed by atoms with Gasteiger partial charge >= 0.3 is 0 Å². The predicted molar refractivity (Wildman–Crippen MR) is 77.1 cm³/mol. The molecule has 1 aromatic carbocycles. The van der Waals surface area contributed by atoms with Gasteiger partial charge in [-0.25, -0.2) is 0 Å². The van der Waals surface area contributed by atoms with Gasteiger partial charge in [-0.2, -0.15) is 8.42 Å². The molecule has 0 N–H and O–H groups in total. The van der Waals surface area contributed by atoms with Crippen LogP contribution in [0.3, 0.4) is 0 Å². The van der Waals surface area contributed by atoms with Gasteiger partial charge in [-0.3, -0.25) is 4.18 Å². The van der Waals surface area contributed by atoms with Gasteiger partial charge in [0.05, 0.1) is 12.0 Å². The molecule has 0 bridgehead atoms. The van der Waals surface area contributed by atoms with E-state index in [9.17, 15) is 8.42 Å². The van der Waals surface area contributed by atoms with Crippen molar-refractivity contribution in [1.82, 2.24) is 0 Å². The van der Waals surface area contributed by atoms with Crippen LogP contribution in [0.25, 0.3) is 0 Å². The van der Waals surface area contributed by atoms with Crippen molar-refractivity contribution in [1.29, 1.82) is 0 Å². The van der Waals surface area contributed by atoms with E-state index in [1.807, 2.05) is 12.1 Å². The maximum atomic E-state index is 11.4. The summed E-state index contributed by atoms with van der Waals surface area (Å²) in [5.74, 6) is 0. The molecule has 0 atom stereocenters. The minimum absolute atomic E-state index is 0.161. The van der Waals surface area contributed by atoms with Gasteiger partial charge in [-0.1, -0.05) is 51.2 Å². The Kier molecular flexibility index (Phi) is 7.10. The van der Waals surface area contributed by atoms with Crippen LogP contribution in [0.1, 0.15) is 51.0 Å². The first kappa shape index (κ1) is 16.2. The standard InChI is InChI=1S/C15H23O3S/c1-3-4-5-6-7-8-9-14-10-12-15(13-11-14)19(16,17)18-2/h10-13H,2-9H2,1H3. The molecule has 19 heavy (non-hydrogen) atoms. The second-order valence-corrected chi connectivity index (χ2v) is 6.35. The molecule has 0 aliphatic carbocycles. The average Bonchev–Trinajstić information content (AvgIpc) is 2.43. The molecule has 0 aliphatic heterocycles. The quantitative estimate of drug-likeness (QED) is 0.506. The monoisotopic (exact) mass is 283 g/mol. The van der Waals surface area contributed by atoms with Crippen molar-refractivity contribution in [2.75, 3.05) is 0 Å². The molecule has 1 rings (SSSR count). The Labute approximate surface area is 117 Å². The van der Waals surface area contributed by atoms with E-state index in [1.54, 1.807) is 12.1 Å². The Bertz CT molecular complexity index is 449. The topological polar surface area (TPSA) is 43.4 Å². The summed E-state index contributed by atoms with van der Waals surface area (Å²) >= 11 is 0. The second-order valence-electron chi connectivity index (χ2n) is 4.73. The summed E-state index contributed by atoms with van der Waals surface area (Å²) in [6.07, 6.45) is 8.58. The number of unbranched alkanes of at least 4 members (excludes halogenated alkanes) is 5. The van der Waals surface area contributed by atoms with Gasteiger partial charge in [0.2, 0.25) is 0 Å². The third kappa shape index (κ3) is 5.74.